The van der Waals surface area contributed by atoms with E-state index in [9.17, 15) is 9.90 Å². The second kappa shape index (κ2) is 4.37. The first-order valence-electron chi connectivity index (χ1n) is 4.93. The molecule has 0 bridgehead atoms. The zero-order valence-electron chi connectivity index (χ0n) is 8.84. The van der Waals surface area contributed by atoms with Crippen molar-refractivity contribution in [3.8, 4) is 0 Å². The first kappa shape index (κ1) is 10.7. The number of carbonyl (C=O) groups is 1. The number of benzene rings is 1. The average Bonchev–Trinajstić information content (AvgIpc) is 2.75. The minimum absolute atomic E-state index is 0.0418. The van der Waals surface area contributed by atoms with Crippen LogP contribution in [0.1, 0.15) is 18.1 Å². The molecule has 4 heteroatoms. The molecule has 1 atom stereocenters. The van der Waals surface area contributed by atoms with Crippen molar-refractivity contribution in [3.63, 3.8) is 0 Å². The molecule has 0 saturated heterocycles. The number of methoxy groups -OCH3 is 1. The van der Waals surface area contributed by atoms with Gasteiger partial charge in [0, 0.05) is 5.39 Å². The summed E-state index contributed by atoms with van der Waals surface area (Å²) in [6.45, 7) is 0. The molecule has 1 N–H and O–H groups in total. The standard InChI is InChI=1S/C12H12O4/c1-15-12(14)7-10(13)8-2-3-11-9(6-8)4-5-16-11/h2-6,10,13H,7H2,1H3. The van der Waals surface area contributed by atoms with Crippen molar-refractivity contribution >= 4 is 16.9 Å². The van der Waals surface area contributed by atoms with Gasteiger partial charge in [0.1, 0.15) is 5.58 Å². The van der Waals surface area contributed by atoms with Crippen LogP contribution in [0.4, 0.5) is 0 Å². The Bertz CT molecular complexity index is 500. The lowest BCUT2D eigenvalue weighted by Crippen LogP contribution is -2.07. The maximum Gasteiger partial charge on any atom is 0.308 e. The summed E-state index contributed by atoms with van der Waals surface area (Å²) in [6.07, 6.45) is 0.702. The number of ether oxygens (including phenoxy) is 1. The normalized spacial score (nSPS) is 12.6. The molecule has 0 saturated carbocycles. The van der Waals surface area contributed by atoms with Gasteiger partial charge in [-0.3, -0.25) is 4.79 Å². The molecule has 0 spiro atoms. The van der Waals surface area contributed by atoms with Crippen molar-refractivity contribution in [2.24, 2.45) is 0 Å². The maximum atomic E-state index is 11.0. The quantitative estimate of drug-likeness (QED) is 0.804. The Morgan fingerprint density at radius 3 is 3.06 bits per heavy atom. The highest BCUT2D eigenvalue weighted by molar-refractivity contribution is 5.78. The van der Waals surface area contributed by atoms with Gasteiger partial charge in [0.25, 0.3) is 0 Å². The van der Waals surface area contributed by atoms with Crippen molar-refractivity contribution < 1.29 is 19.1 Å². The van der Waals surface area contributed by atoms with Crippen LogP contribution in [0.15, 0.2) is 34.9 Å². The topological polar surface area (TPSA) is 59.7 Å². The van der Waals surface area contributed by atoms with Gasteiger partial charge in [0.05, 0.1) is 25.9 Å². The number of hydrogen-bond acceptors (Lipinski definition) is 4. The first-order chi connectivity index (χ1) is 7.70. The van der Waals surface area contributed by atoms with Gasteiger partial charge >= 0.3 is 5.97 Å². The lowest BCUT2D eigenvalue weighted by atomic mass is 10.1. The summed E-state index contributed by atoms with van der Waals surface area (Å²) in [5, 5.41) is 10.7. The number of furan rings is 1. The van der Waals surface area contributed by atoms with Crippen molar-refractivity contribution in [3.05, 3.63) is 36.1 Å². The minimum Gasteiger partial charge on any atom is -0.469 e. The van der Waals surface area contributed by atoms with Gasteiger partial charge in [0.2, 0.25) is 0 Å². The summed E-state index contributed by atoms with van der Waals surface area (Å²) in [5.74, 6) is -0.431. The van der Waals surface area contributed by atoms with Crippen LogP contribution >= 0.6 is 0 Å². The molecule has 1 heterocycles. The van der Waals surface area contributed by atoms with E-state index in [1.165, 1.54) is 7.11 Å². The average molecular weight is 220 g/mol. The third-order valence-corrected chi connectivity index (χ3v) is 2.45. The van der Waals surface area contributed by atoms with Gasteiger partial charge in [-0.2, -0.15) is 0 Å². The molecule has 16 heavy (non-hydrogen) atoms. The van der Waals surface area contributed by atoms with Gasteiger partial charge < -0.3 is 14.3 Å². The summed E-state index contributed by atoms with van der Waals surface area (Å²) in [7, 11) is 1.30. The predicted octanol–water partition coefficient (Wildman–Crippen LogP) is 2.03. The van der Waals surface area contributed by atoms with Crippen LogP contribution in [0.5, 0.6) is 0 Å². The highest BCUT2D eigenvalue weighted by Gasteiger charge is 2.13. The summed E-state index contributed by atoms with van der Waals surface area (Å²) < 4.78 is 9.68. The highest BCUT2D eigenvalue weighted by atomic mass is 16.5. The SMILES string of the molecule is COC(=O)CC(O)c1ccc2occc2c1. The summed E-state index contributed by atoms with van der Waals surface area (Å²) in [6, 6.07) is 7.11. The van der Waals surface area contributed by atoms with Crippen LogP contribution in [0, 0.1) is 0 Å². The van der Waals surface area contributed by atoms with Crippen LogP contribution in [-0.4, -0.2) is 18.2 Å². The Kier molecular flexibility index (Phi) is 2.92. The van der Waals surface area contributed by atoms with Crippen LogP contribution in [0.2, 0.25) is 0 Å². The van der Waals surface area contributed by atoms with E-state index in [0.717, 1.165) is 11.0 Å². The largest absolute Gasteiger partial charge is 0.469 e. The van der Waals surface area contributed by atoms with E-state index in [2.05, 4.69) is 4.74 Å². The second-order valence-corrected chi connectivity index (χ2v) is 3.51. The van der Waals surface area contributed by atoms with Crippen LogP contribution in [0.3, 0.4) is 0 Å². The Labute approximate surface area is 92.4 Å². The first-order valence-corrected chi connectivity index (χ1v) is 4.93. The van der Waals surface area contributed by atoms with Gasteiger partial charge in [-0.25, -0.2) is 0 Å². The van der Waals surface area contributed by atoms with Gasteiger partial charge in [-0.15, -0.1) is 0 Å². The Hall–Kier alpha value is -1.81. The lowest BCUT2D eigenvalue weighted by molar-refractivity contribution is -0.142. The molecule has 0 aliphatic heterocycles. The third kappa shape index (κ3) is 2.06. The molecule has 2 rings (SSSR count). The smallest absolute Gasteiger partial charge is 0.308 e. The Morgan fingerprint density at radius 1 is 1.50 bits per heavy atom. The van der Waals surface area contributed by atoms with Gasteiger partial charge in [-0.05, 0) is 23.8 Å². The number of fused-ring (bicyclic) bond motifs is 1. The zero-order valence-corrected chi connectivity index (χ0v) is 8.84. The molecule has 4 nitrogen and oxygen atoms in total. The van der Waals surface area contributed by atoms with Crippen LogP contribution in [0.25, 0.3) is 11.0 Å². The molecule has 0 aliphatic rings. The molecule has 1 aromatic carbocycles. The summed E-state index contributed by atoms with van der Waals surface area (Å²) in [4.78, 5) is 11.0. The monoisotopic (exact) mass is 220 g/mol. The number of hydrogen-bond donors (Lipinski definition) is 1. The molecular weight excluding hydrogens is 208 g/mol. The molecule has 1 unspecified atom stereocenters. The zero-order chi connectivity index (χ0) is 11.5. The number of aliphatic hydroxyl groups excluding tert-OH is 1. The number of aliphatic hydroxyl groups is 1. The molecule has 84 valence electrons. The fourth-order valence-electron chi connectivity index (χ4n) is 1.55. The van der Waals surface area contributed by atoms with Gasteiger partial charge in [0.15, 0.2) is 0 Å². The van der Waals surface area contributed by atoms with E-state index in [-0.39, 0.29) is 6.42 Å². The van der Waals surface area contributed by atoms with Crippen molar-refractivity contribution in [1.29, 1.82) is 0 Å². The van der Waals surface area contributed by atoms with Crippen molar-refractivity contribution in [1.82, 2.24) is 0 Å². The minimum atomic E-state index is -0.841. The summed E-state index contributed by atoms with van der Waals surface area (Å²) >= 11 is 0. The molecular formula is C12H12O4. The Balaban J connectivity index is 2.22. The van der Waals surface area contributed by atoms with Gasteiger partial charge in [-0.1, -0.05) is 6.07 Å². The van der Waals surface area contributed by atoms with E-state index in [0.29, 0.717) is 5.56 Å². The Morgan fingerprint density at radius 2 is 2.31 bits per heavy atom. The summed E-state index contributed by atoms with van der Waals surface area (Å²) in [5.41, 5.74) is 1.44. The number of esters is 1. The third-order valence-electron chi connectivity index (χ3n) is 2.45. The number of carbonyl (C=O) groups excluding carboxylic acids is 1. The van der Waals surface area contributed by atoms with Crippen LogP contribution < -0.4 is 0 Å². The van der Waals surface area contributed by atoms with E-state index in [4.69, 9.17) is 4.42 Å². The van der Waals surface area contributed by atoms with E-state index in [1.807, 2.05) is 6.07 Å². The fraction of sp³-hybridized carbons (Fsp3) is 0.250. The van der Waals surface area contributed by atoms with E-state index >= 15 is 0 Å². The lowest BCUT2D eigenvalue weighted by Gasteiger charge is -2.09. The van der Waals surface area contributed by atoms with E-state index < -0.39 is 12.1 Å². The van der Waals surface area contributed by atoms with Crippen molar-refractivity contribution in [2.45, 2.75) is 12.5 Å². The maximum absolute atomic E-state index is 11.0. The highest BCUT2D eigenvalue weighted by Crippen LogP contribution is 2.23. The molecule has 0 amide bonds. The molecule has 0 radical (unpaired) electrons. The van der Waals surface area contributed by atoms with E-state index in [1.54, 1.807) is 24.5 Å². The second-order valence-electron chi connectivity index (χ2n) is 3.51. The predicted molar refractivity (Wildman–Crippen MR) is 57.8 cm³/mol. The molecule has 2 aromatic rings. The van der Waals surface area contributed by atoms with Crippen molar-refractivity contribution in [2.75, 3.05) is 7.11 Å². The molecule has 0 fully saturated rings. The molecule has 0 aliphatic carbocycles. The fourth-order valence-corrected chi connectivity index (χ4v) is 1.55. The molecule has 1 aromatic heterocycles. The van der Waals surface area contributed by atoms with Crippen LogP contribution in [-0.2, 0) is 9.53 Å². The number of rotatable bonds is 3.